The smallest absolute Gasteiger partial charge is 0.316 e. The molecule has 0 N–H and O–H groups in total. The Hall–Kier alpha value is -1.43. The molecule has 1 aromatic heterocycles. The predicted molar refractivity (Wildman–Crippen MR) is 66.2 cm³/mol. The summed E-state index contributed by atoms with van der Waals surface area (Å²) in [5, 5.41) is 3.93. The average molecular weight is 249 g/mol. The first-order valence-corrected chi connectivity index (χ1v) is 6.53. The largest absolute Gasteiger partial charge is 0.346 e. The fourth-order valence-electron chi connectivity index (χ4n) is 3.02. The monoisotopic (exact) mass is 249 g/mol. The van der Waals surface area contributed by atoms with Crippen LogP contribution < -0.4 is 0 Å². The zero-order valence-corrected chi connectivity index (χ0v) is 10.9. The fraction of sp³-hybridized carbons (Fsp3) is 0.750. The maximum Gasteiger partial charge on any atom is 0.346 e. The molecule has 6 heteroatoms. The van der Waals surface area contributed by atoms with Gasteiger partial charge in [-0.15, -0.1) is 0 Å². The summed E-state index contributed by atoms with van der Waals surface area (Å²) >= 11 is 0. The number of amides is 1. The number of aromatic nitrogens is 3. The van der Waals surface area contributed by atoms with E-state index in [-0.39, 0.29) is 11.6 Å². The summed E-state index contributed by atoms with van der Waals surface area (Å²) in [6.07, 6.45) is 5.06. The molecule has 0 saturated carbocycles. The lowest BCUT2D eigenvalue weighted by molar-refractivity contribution is 0.0275. The molecule has 18 heavy (non-hydrogen) atoms. The van der Waals surface area contributed by atoms with Gasteiger partial charge < -0.3 is 4.90 Å². The number of carbonyl (C=O) groups is 1. The molecule has 0 aromatic carbocycles. The average Bonchev–Trinajstić information content (AvgIpc) is 2.98. The predicted octanol–water partition coefficient (Wildman–Crippen LogP) is 0.805. The first kappa shape index (κ1) is 11.6. The molecule has 2 aliphatic rings. The van der Waals surface area contributed by atoms with Gasteiger partial charge in [-0.1, -0.05) is 0 Å². The molecule has 1 aromatic rings. The summed E-state index contributed by atoms with van der Waals surface area (Å²) in [5.41, 5.74) is 0.0489. The van der Waals surface area contributed by atoms with Crippen LogP contribution in [0.1, 0.15) is 26.7 Å². The van der Waals surface area contributed by atoms with Crippen molar-refractivity contribution in [1.29, 1.82) is 0 Å². The minimum Gasteiger partial charge on any atom is -0.316 e. The number of nitrogens with zero attached hydrogens (tertiary/aromatic N) is 5. The molecule has 0 bridgehead atoms. The van der Waals surface area contributed by atoms with Crippen LogP contribution in [0.2, 0.25) is 0 Å². The summed E-state index contributed by atoms with van der Waals surface area (Å²) in [4.78, 5) is 20.5. The Bertz CT molecular complexity index is 443. The van der Waals surface area contributed by atoms with E-state index in [4.69, 9.17) is 0 Å². The maximum atomic E-state index is 12.3. The SMILES string of the molecule is CC(C)N1CC[C@]2(CCN2C(=O)n2cncn2)C1. The van der Waals surface area contributed by atoms with Crippen LogP contribution in [0.25, 0.3) is 0 Å². The van der Waals surface area contributed by atoms with Gasteiger partial charge in [-0.05, 0) is 26.7 Å². The Balaban J connectivity index is 1.74. The second-order valence-electron chi connectivity index (χ2n) is 5.56. The van der Waals surface area contributed by atoms with Crippen LogP contribution in [-0.2, 0) is 0 Å². The number of likely N-dealkylation sites (tertiary alicyclic amines) is 2. The Kier molecular flexibility index (Phi) is 2.62. The Morgan fingerprint density at radius 2 is 2.11 bits per heavy atom. The summed E-state index contributed by atoms with van der Waals surface area (Å²) < 4.78 is 1.33. The van der Waals surface area contributed by atoms with Crippen molar-refractivity contribution in [1.82, 2.24) is 24.6 Å². The van der Waals surface area contributed by atoms with Gasteiger partial charge in [-0.3, -0.25) is 4.90 Å². The molecule has 2 aliphatic heterocycles. The van der Waals surface area contributed by atoms with Crippen molar-refractivity contribution in [2.45, 2.75) is 38.3 Å². The van der Waals surface area contributed by atoms with Gasteiger partial charge in [-0.2, -0.15) is 9.78 Å². The summed E-state index contributed by atoms with van der Waals surface area (Å²) in [6.45, 7) is 7.33. The molecule has 2 saturated heterocycles. The van der Waals surface area contributed by atoms with Gasteiger partial charge in [-0.25, -0.2) is 9.78 Å². The quantitative estimate of drug-likeness (QED) is 0.739. The molecule has 6 nitrogen and oxygen atoms in total. The van der Waals surface area contributed by atoms with Crippen molar-refractivity contribution in [2.24, 2.45) is 0 Å². The number of hydrogen-bond donors (Lipinski definition) is 0. The van der Waals surface area contributed by atoms with Crippen molar-refractivity contribution in [3.63, 3.8) is 0 Å². The third kappa shape index (κ3) is 1.63. The van der Waals surface area contributed by atoms with E-state index >= 15 is 0 Å². The van der Waals surface area contributed by atoms with Crippen molar-refractivity contribution in [3.05, 3.63) is 12.7 Å². The molecular formula is C12H19N5O. The van der Waals surface area contributed by atoms with E-state index < -0.39 is 0 Å². The third-order valence-electron chi connectivity index (χ3n) is 4.31. The Morgan fingerprint density at radius 3 is 2.61 bits per heavy atom. The van der Waals surface area contributed by atoms with Crippen molar-refractivity contribution in [2.75, 3.05) is 19.6 Å². The van der Waals surface area contributed by atoms with Gasteiger partial charge in [0.05, 0.1) is 5.54 Å². The molecule has 2 fully saturated rings. The summed E-state index contributed by atoms with van der Waals surface area (Å²) in [7, 11) is 0. The van der Waals surface area contributed by atoms with Gasteiger partial charge in [0.1, 0.15) is 12.7 Å². The lowest BCUT2D eigenvalue weighted by atomic mass is 9.84. The van der Waals surface area contributed by atoms with Gasteiger partial charge in [0.15, 0.2) is 0 Å². The lowest BCUT2D eigenvalue weighted by Crippen LogP contribution is -2.64. The number of carbonyl (C=O) groups excluding carboxylic acids is 1. The summed E-state index contributed by atoms with van der Waals surface area (Å²) in [6, 6.07) is 0.512. The van der Waals surface area contributed by atoms with Crippen molar-refractivity contribution >= 4 is 6.03 Å². The highest BCUT2D eigenvalue weighted by Gasteiger charge is 2.52. The van der Waals surface area contributed by atoms with Crippen LogP contribution in [0.5, 0.6) is 0 Å². The van der Waals surface area contributed by atoms with Crippen LogP contribution in [0.15, 0.2) is 12.7 Å². The molecule has 1 atom stereocenters. The van der Waals surface area contributed by atoms with Gasteiger partial charge in [0.2, 0.25) is 0 Å². The minimum absolute atomic E-state index is 0.0376. The zero-order valence-electron chi connectivity index (χ0n) is 10.9. The van der Waals surface area contributed by atoms with E-state index in [2.05, 4.69) is 28.8 Å². The molecular weight excluding hydrogens is 230 g/mol. The van der Waals surface area contributed by atoms with E-state index in [1.54, 1.807) is 0 Å². The van der Waals surface area contributed by atoms with Crippen molar-refractivity contribution in [3.8, 4) is 0 Å². The Labute approximate surface area is 107 Å². The second-order valence-corrected chi connectivity index (χ2v) is 5.56. The number of rotatable bonds is 1. The summed E-state index contributed by atoms with van der Waals surface area (Å²) in [5.74, 6) is 0. The minimum atomic E-state index is -0.0376. The first-order valence-electron chi connectivity index (χ1n) is 6.53. The topological polar surface area (TPSA) is 54.3 Å². The fourth-order valence-corrected chi connectivity index (χ4v) is 3.02. The van der Waals surface area contributed by atoms with E-state index in [9.17, 15) is 4.79 Å². The van der Waals surface area contributed by atoms with Crippen LogP contribution in [-0.4, -0.2) is 61.8 Å². The van der Waals surface area contributed by atoms with Gasteiger partial charge >= 0.3 is 6.03 Å². The van der Waals surface area contributed by atoms with Crippen LogP contribution in [0, 0.1) is 0 Å². The van der Waals surface area contributed by atoms with Crippen molar-refractivity contribution < 1.29 is 4.79 Å². The zero-order chi connectivity index (χ0) is 12.8. The molecule has 3 heterocycles. The highest BCUT2D eigenvalue weighted by atomic mass is 16.2. The normalized spacial score (nSPS) is 28.1. The third-order valence-corrected chi connectivity index (χ3v) is 4.31. The Morgan fingerprint density at radius 1 is 1.33 bits per heavy atom. The van der Waals surface area contributed by atoms with Gasteiger partial charge in [0, 0.05) is 25.7 Å². The maximum absolute atomic E-state index is 12.3. The first-order chi connectivity index (χ1) is 8.62. The lowest BCUT2D eigenvalue weighted by Gasteiger charge is -2.50. The molecule has 3 rings (SSSR count). The van der Waals surface area contributed by atoms with E-state index in [0.717, 1.165) is 32.5 Å². The highest BCUT2D eigenvalue weighted by Crippen LogP contribution is 2.39. The van der Waals surface area contributed by atoms with E-state index in [0.29, 0.717) is 6.04 Å². The molecule has 1 amide bonds. The van der Waals surface area contributed by atoms with E-state index in [1.165, 1.54) is 17.3 Å². The standard InChI is InChI=1S/C12H19N5O/c1-10(2)15-5-3-12(7-15)4-6-16(12)11(18)17-9-13-8-14-17/h8-10H,3-7H2,1-2H3/t12-/m0/s1. The second kappa shape index (κ2) is 4.05. The van der Waals surface area contributed by atoms with Crippen LogP contribution in [0.3, 0.4) is 0 Å². The number of hydrogen-bond acceptors (Lipinski definition) is 4. The molecule has 1 spiro atoms. The van der Waals surface area contributed by atoms with Gasteiger partial charge in [0.25, 0.3) is 0 Å². The molecule has 0 radical (unpaired) electrons. The van der Waals surface area contributed by atoms with E-state index in [1.807, 2.05) is 4.90 Å². The molecule has 0 aliphatic carbocycles. The van der Waals surface area contributed by atoms with Crippen LogP contribution >= 0.6 is 0 Å². The van der Waals surface area contributed by atoms with Crippen LogP contribution in [0.4, 0.5) is 4.79 Å². The molecule has 0 unspecified atom stereocenters. The highest BCUT2D eigenvalue weighted by molar-refractivity contribution is 5.77. The molecule has 98 valence electrons.